The van der Waals surface area contributed by atoms with E-state index in [-0.39, 0.29) is 5.75 Å². The molecule has 0 bridgehead atoms. The first-order valence-corrected chi connectivity index (χ1v) is 5.39. The molecule has 4 heteroatoms. The molecule has 1 aromatic rings. The summed E-state index contributed by atoms with van der Waals surface area (Å²) < 4.78 is 28.0. The summed E-state index contributed by atoms with van der Waals surface area (Å²) >= 11 is 0. The van der Waals surface area contributed by atoms with E-state index in [2.05, 4.69) is 23.9 Å². The summed E-state index contributed by atoms with van der Waals surface area (Å²) in [7, 11) is 0. The zero-order chi connectivity index (χ0) is 12.0. The SMILES string of the molecule is CCC(C)NCc1ccc(OC(F)F)cc1. The van der Waals surface area contributed by atoms with Gasteiger partial charge in [-0.05, 0) is 31.0 Å². The van der Waals surface area contributed by atoms with Crippen LogP contribution in [0.3, 0.4) is 0 Å². The summed E-state index contributed by atoms with van der Waals surface area (Å²) in [5, 5.41) is 3.32. The number of ether oxygens (including phenoxy) is 1. The second kappa shape index (κ2) is 6.43. The molecule has 0 aliphatic heterocycles. The Morgan fingerprint density at radius 1 is 1.25 bits per heavy atom. The second-order valence-electron chi connectivity index (χ2n) is 3.71. The third kappa shape index (κ3) is 4.57. The summed E-state index contributed by atoms with van der Waals surface area (Å²) in [6, 6.07) is 7.14. The van der Waals surface area contributed by atoms with Gasteiger partial charge in [-0.3, -0.25) is 0 Å². The molecule has 1 rings (SSSR count). The van der Waals surface area contributed by atoms with Crippen LogP contribution in [-0.4, -0.2) is 12.7 Å². The first kappa shape index (κ1) is 12.9. The van der Waals surface area contributed by atoms with Crippen molar-refractivity contribution in [1.82, 2.24) is 5.32 Å². The van der Waals surface area contributed by atoms with Crippen LogP contribution in [0, 0.1) is 0 Å². The summed E-state index contributed by atoms with van der Waals surface area (Å²) in [6.45, 7) is 2.19. The van der Waals surface area contributed by atoms with E-state index in [1.54, 1.807) is 24.3 Å². The highest BCUT2D eigenvalue weighted by Gasteiger charge is 2.04. The fourth-order valence-electron chi connectivity index (χ4n) is 1.23. The van der Waals surface area contributed by atoms with Crippen LogP contribution in [0.2, 0.25) is 0 Å². The monoisotopic (exact) mass is 229 g/mol. The Balaban J connectivity index is 2.45. The lowest BCUT2D eigenvalue weighted by Crippen LogP contribution is -2.24. The minimum atomic E-state index is -2.76. The van der Waals surface area contributed by atoms with Crippen molar-refractivity contribution >= 4 is 0 Å². The molecule has 1 unspecified atom stereocenters. The fraction of sp³-hybridized carbons (Fsp3) is 0.500. The molecule has 0 saturated carbocycles. The predicted molar refractivity (Wildman–Crippen MR) is 59.7 cm³/mol. The van der Waals surface area contributed by atoms with E-state index in [0.29, 0.717) is 6.04 Å². The minimum absolute atomic E-state index is 0.197. The Labute approximate surface area is 94.6 Å². The van der Waals surface area contributed by atoms with Crippen molar-refractivity contribution in [2.75, 3.05) is 0 Å². The van der Waals surface area contributed by atoms with E-state index < -0.39 is 6.61 Å². The Bertz CT molecular complexity index is 300. The van der Waals surface area contributed by atoms with Crippen LogP contribution in [0.4, 0.5) is 8.78 Å². The molecule has 1 N–H and O–H groups in total. The maximum absolute atomic E-state index is 11.9. The predicted octanol–water partition coefficient (Wildman–Crippen LogP) is 3.18. The van der Waals surface area contributed by atoms with E-state index in [4.69, 9.17) is 0 Å². The van der Waals surface area contributed by atoms with Crippen LogP contribution >= 0.6 is 0 Å². The number of nitrogens with one attached hydrogen (secondary N) is 1. The third-order valence-electron chi connectivity index (χ3n) is 2.42. The van der Waals surface area contributed by atoms with Crippen molar-refractivity contribution in [2.24, 2.45) is 0 Å². The molecular weight excluding hydrogens is 212 g/mol. The molecular formula is C12H17F2NO. The molecule has 0 amide bonds. The Kier molecular flexibility index (Phi) is 5.19. The molecule has 0 radical (unpaired) electrons. The number of rotatable bonds is 6. The summed E-state index contributed by atoms with van der Waals surface area (Å²) in [4.78, 5) is 0. The van der Waals surface area contributed by atoms with Gasteiger partial charge in [0, 0.05) is 12.6 Å². The first-order chi connectivity index (χ1) is 7.61. The van der Waals surface area contributed by atoms with Gasteiger partial charge in [-0.1, -0.05) is 19.1 Å². The number of alkyl halides is 2. The zero-order valence-electron chi connectivity index (χ0n) is 9.54. The van der Waals surface area contributed by atoms with Crippen molar-refractivity contribution < 1.29 is 13.5 Å². The summed E-state index contributed by atoms with van der Waals surface area (Å²) in [5.74, 6) is 0.197. The molecule has 0 saturated heterocycles. The van der Waals surface area contributed by atoms with Gasteiger partial charge < -0.3 is 10.1 Å². The topological polar surface area (TPSA) is 21.3 Å². The van der Waals surface area contributed by atoms with Gasteiger partial charge in [0.2, 0.25) is 0 Å². The Morgan fingerprint density at radius 2 is 1.88 bits per heavy atom. The maximum atomic E-state index is 11.9. The normalized spacial score (nSPS) is 12.8. The van der Waals surface area contributed by atoms with Crippen LogP contribution in [0.1, 0.15) is 25.8 Å². The van der Waals surface area contributed by atoms with Crippen molar-refractivity contribution in [1.29, 1.82) is 0 Å². The smallest absolute Gasteiger partial charge is 0.387 e. The maximum Gasteiger partial charge on any atom is 0.387 e. The van der Waals surface area contributed by atoms with E-state index in [1.165, 1.54) is 0 Å². The van der Waals surface area contributed by atoms with E-state index in [1.807, 2.05) is 0 Å². The number of halogens is 2. The van der Waals surface area contributed by atoms with E-state index >= 15 is 0 Å². The van der Waals surface area contributed by atoms with E-state index in [0.717, 1.165) is 18.5 Å². The summed E-state index contributed by atoms with van der Waals surface area (Å²) in [6.07, 6.45) is 1.06. The van der Waals surface area contributed by atoms with E-state index in [9.17, 15) is 8.78 Å². The largest absolute Gasteiger partial charge is 0.435 e. The molecule has 1 aromatic carbocycles. The molecule has 90 valence electrons. The molecule has 0 aliphatic rings. The van der Waals surface area contributed by atoms with Crippen molar-refractivity contribution in [3.8, 4) is 5.75 Å². The van der Waals surface area contributed by atoms with Gasteiger partial charge in [-0.15, -0.1) is 0 Å². The molecule has 0 aromatic heterocycles. The third-order valence-corrected chi connectivity index (χ3v) is 2.42. The fourth-order valence-corrected chi connectivity index (χ4v) is 1.23. The van der Waals surface area contributed by atoms with Gasteiger partial charge in [-0.2, -0.15) is 8.78 Å². The molecule has 0 aliphatic carbocycles. The zero-order valence-corrected chi connectivity index (χ0v) is 9.54. The van der Waals surface area contributed by atoms with Gasteiger partial charge in [0.25, 0.3) is 0 Å². The van der Waals surface area contributed by atoms with Crippen molar-refractivity contribution in [3.05, 3.63) is 29.8 Å². The molecule has 0 spiro atoms. The van der Waals surface area contributed by atoms with Gasteiger partial charge in [-0.25, -0.2) is 0 Å². The lowest BCUT2D eigenvalue weighted by Gasteiger charge is -2.11. The highest BCUT2D eigenvalue weighted by molar-refractivity contribution is 5.27. The van der Waals surface area contributed by atoms with Gasteiger partial charge in [0.15, 0.2) is 0 Å². The van der Waals surface area contributed by atoms with Gasteiger partial charge >= 0.3 is 6.61 Å². The van der Waals surface area contributed by atoms with Crippen molar-refractivity contribution in [3.63, 3.8) is 0 Å². The second-order valence-corrected chi connectivity index (χ2v) is 3.71. The van der Waals surface area contributed by atoms with Gasteiger partial charge in [0.1, 0.15) is 5.75 Å². The highest BCUT2D eigenvalue weighted by atomic mass is 19.3. The average molecular weight is 229 g/mol. The number of hydrogen-bond acceptors (Lipinski definition) is 2. The van der Waals surface area contributed by atoms with Gasteiger partial charge in [0.05, 0.1) is 0 Å². The summed E-state index contributed by atoms with van der Waals surface area (Å²) in [5.41, 5.74) is 1.06. The molecule has 2 nitrogen and oxygen atoms in total. The van der Waals surface area contributed by atoms with Crippen molar-refractivity contribution in [2.45, 2.75) is 39.5 Å². The Morgan fingerprint density at radius 3 is 2.38 bits per heavy atom. The molecule has 0 fully saturated rings. The van der Waals surface area contributed by atoms with Crippen LogP contribution < -0.4 is 10.1 Å². The minimum Gasteiger partial charge on any atom is -0.435 e. The van der Waals surface area contributed by atoms with Crippen LogP contribution in [-0.2, 0) is 6.54 Å². The standard InChI is InChI=1S/C12H17F2NO/c1-3-9(2)15-8-10-4-6-11(7-5-10)16-12(13)14/h4-7,9,12,15H,3,8H2,1-2H3. The quantitative estimate of drug-likeness (QED) is 0.809. The average Bonchev–Trinajstić information content (AvgIpc) is 2.27. The number of hydrogen-bond donors (Lipinski definition) is 1. The lowest BCUT2D eigenvalue weighted by molar-refractivity contribution is -0.0498. The highest BCUT2D eigenvalue weighted by Crippen LogP contribution is 2.14. The molecule has 0 heterocycles. The lowest BCUT2D eigenvalue weighted by atomic mass is 10.2. The van der Waals surface area contributed by atoms with Crippen LogP contribution in [0.5, 0.6) is 5.75 Å². The number of benzene rings is 1. The van der Waals surface area contributed by atoms with Crippen LogP contribution in [0.25, 0.3) is 0 Å². The van der Waals surface area contributed by atoms with Crippen LogP contribution in [0.15, 0.2) is 24.3 Å². The molecule has 16 heavy (non-hydrogen) atoms. The molecule has 1 atom stereocenters. The Hall–Kier alpha value is -1.16. The first-order valence-electron chi connectivity index (χ1n) is 5.39.